The molecule has 0 saturated carbocycles. The maximum Gasteiger partial charge on any atom is 0.126 e. The van der Waals surface area contributed by atoms with Gasteiger partial charge >= 0.3 is 0 Å². The van der Waals surface area contributed by atoms with Gasteiger partial charge in [-0.2, -0.15) is 0 Å². The minimum absolute atomic E-state index is 0.209. The lowest BCUT2D eigenvalue weighted by atomic mass is 9.99. The van der Waals surface area contributed by atoms with Gasteiger partial charge in [-0.3, -0.25) is 0 Å². The zero-order chi connectivity index (χ0) is 13.1. The van der Waals surface area contributed by atoms with Gasteiger partial charge in [-0.05, 0) is 30.7 Å². The van der Waals surface area contributed by atoms with Crippen molar-refractivity contribution >= 4 is 0 Å². The summed E-state index contributed by atoms with van der Waals surface area (Å²) in [5.41, 5.74) is 8.55. The fourth-order valence-electron chi connectivity index (χ4n) is 1.97. The van der Waals surface area contributed by atoms with Crippen molar-refractivity contribution in [2.75, 3.05) is 7.11 Å². The maximum absolute atomic E-state index is 9.77. The van der Waals surface area contributed by atoms with Crippen molar-refractivity contribution in [1.82, 2.24) is 0 Å². The molecule has 0 spiro atoms. The van der Waals surface area contributed by atoms with Gasteiger partial charge in [-0.15, -0.1) is 0 Å². The first-order valence-electron chi connectivity index (χ1n) is 5.85. The van der Waals surface area contributed by atoms with Gasteiger partial charge in [0.1, 0.15) is 11.5 Å². The molecule has 0 aromatic heterocycles. The predicted molar refractivity (Wildman–Crippen MR) is 72.7 cm³/mol. The summed E-state index contributed by atoms with van der Waals surface area (Å²) in [6.45, 7) is 1.85. The molecule has 2 rings (SSSR count). The third-order valence-electron chi connectivity index (χ3n) is 2.94. The van der Waals surface area contributed by atoms with Crippen LogP contribution < -0.4 is 10.5 Å². The SMILES string of the molecule is COc1ccccc1-c1ccc(O)c(C(C)N)c1. The average Bonchev–Trinajstić information content (AvgIpc) is 2.39. The van der Waals surface area contributed by atoms with Gasteiger partial charge < -0.3 is 15.6 Å². The summed E-state index contributed by atoms with van der Waals surface area (Å²) in [5.74, 6) is 1.03. The van der Waals surface area contributed by atoms with Gasteiger partial charge in [-0.25, -0.2) is 0 Å². The van der Waals surface area contributed by atoms with Crippen LogP contribution in [0.25, 0.3) is 11.1 Å². The van der Waals surface area contributed by atoms with E-state index < -0.39 is 0 Å². The Morgan fingerprint density at radius 1 is 1.17 bits per heavy atom. The van der Waals surface area contributed by atoms with E-state index >= 15 is 0 Å². The highest BCUT2D eigenvalue weighted by Crippen LogP contribution is 2.33. The monoisotopic (exact) mass is 243 g/mol. The molecule has 2 aromatic rings. The third kappa shape index (κ3) is 2.31. The van der Waals surface area contributed by atoms with Crippen LogP contribution in [0.2, 0.25) is 0 Å². The number of hydrogen-bond acceptors (Lipinski definition) is 3. The van der Waals surface area contributed by atoms with E-state index in [1.807, 2.05) is 43.3 Å². The lowest BCUT2D eigenvalue weighted by Crippen LogP contribution is -2.05. The van der Waals surface area contributed by atoms with Gasteiger partial charge in [-0.1, -0.05) is 24.3 Å². The van der Waals surface area contributed by atoms with E-state index in [0.29, 0.717) is 0 Å². The molecule has 0 aliphatic carbocycles. The summed E-state index contributed by atoms with van der Waals surface area (Å²) in [7, 11) is 1.64. The summed E-state index contributed by atoms with van der Waals surface area (Å²) >= 11 is 0. The largest absolute Gasteiger partial charge is 0.508 e. The van der Waals surface area contributed by atoms with Crippen molar-refractivity contribution in [2.45, 2.75) is 13.0 Å². The third-order valence-corrected chi connectivity index (χ3v) is 2.94. The van der Waals surface area contributed by atoms with Crippen LogP contribution in [-0.2, 0) is 0 Å². The van der Waals surface area contributed by atoms with E-state index in [4.69, 9.17) is 10.5 Å². The molecule has 0 heterocycles. The van der Waals surface area contributed by atoms with Crippen molar-refractivity contribution < 1.29 is 9.84 Å². The molecule has 0 fully saturated rings. The van der Waals surface area contributed by atoms with Crippen LogP contribution >= 0.6 is 0 Å². The van der Waals surface area contributed by atoms with Crippen molar-refractivity contribution in [2.24, 2.45) is 5.73 Å². The average molecular weight is 243 g/mol. The van der Waals surface area contributed by atoms with E-state index in [-0.39, 0.29) is 11.8 Å². The first kappa shape index (κ1) is 12.5. The van der Waals surface area contributed by atoms with Crippen LogP contribution in [0.3, 0.4) is 0 Å². The van der Waals surface area contributed by atoms with Gasteiger partial charge in [0.05, 0.1) is 7.11 Å². The number of methoxy groups -OCH3 is 1. The van der Waals surface area contributed by atoms with Gasteiger partial charge in [0, 0.05) is 17.2 Å². The molecule has 18 heavy (non-hydrogen) atoms. The summed E-state index contributed by atoms with van der Waals surface area (Å²) < 4.78 is 5.34. The van der Waals surface area contributed by atoms with E-state index in [9.17, 15) is 5.11 Å². The molecule has 0 saturated heterocycles. The zero-order valence-electron chi connectivity index (χ0n) is 10.6. The van der Waals surface area contributed by atoms with Crippen LogP contribution in [0.4, 0.5) is 0 Å². The molecule has 94 valence electrons. The zero-order valence-corrected chi connectivity index (χ0v) is 10.6. The molecule has 3 heteroatoms. The second-order valence-corrected chi connectivity index (χ2v) is 4.26. The highest BCUT2D eigenvalue weighted by Gasteiger charge is 2.10. The number of nitrogens with two attached hydrogens (primary N) is 1. The fraction of sp³-hybridized carbons (Fsp3) is 0.200. The summed E-state index contributed by atoms with van der Waals surface area (Å²) in [4.78, 5) is 0. The van der Waals surface area contributed by atoms with Gasteiger partial charge in [0.25, 0.3) is 0 Å². The lowest BCUT2D eigenvalue weighted by Gasteiger charge is -2.13. The number of phenols is 1. The van der Waals surface area contributed by atoms with E-state index in [1.165, 1.54) is 0 Å². The minimum Gasteiger partial charge on any atom is -0.508 e. The topological polar surface area (TPSA) is 55.5 Å². The number of benzene rings is 2. The molecule has 3 nitrogen and oxygen atoms in total. The molecule has 0 aliphatic rings. The lowest BCUT2D eigenvalue weighted by molar-refractivity contribution is 0.416. The fourth-order valence-corrected chi connectivity index (χ4v) is 1.97. The quantitative estimate of drug-likeness (QED) is 0.871. The van der Waals surface area contributed by atoms with Crippen LogP contribution in [0.5, 0.6) is 11.5 Å². The molecule has 2 aromatic carbocycles. The smallest absolute Gasteiger partial charge is 0.126 e. The van der Waals surface area contributed by atoms with E-state index in [0.717, 1.165) is 22.4 Å². The second-order valence-electron chi connectivity index (χ2n) is 4.26. The number of para-hydroxylation sites is 1. The molecule has 0 radical (unpaired) electrons. The van der Waals surface area contributed by atoms with Crippen LogP contribution in [0.15, 0.2) is 42.5 Å². The van der Waals surface area contributed by atoms with Crippen molar-refractivity contribution in [1.29, 1.82) is 0 Å². The Morgan fingerprint density at radius 2 is 1.89 bits per heavy atom. The molecular weight excluding hydrogens is 226 g/mol. The van der Waals surface area contributed by atoms with Crippen LogP contribution in [0.1, 0.15) is 18.5 Å². The predicted octanol–water partition coefficient (Wildman–Crippen LogP) is 3.09. The van der Waals surface area contributed by atoms with Gasteiger partial charge in [0.2, 0.25) is 0 Å². The normalized spacial score (nSPS) is 12.2. The summed E-state index contributed by atoms with van der Waals surface area (Å²) in [6, 6.07) is 13.0. The Morgan fingerprint density at radius 3 is 2.56 bits per heavy atom. The van der Waals surface area contributed by atoms with Crippen molar-refractivity contribution in [3.05, 3.63) is 48.0 Å². The molecule has 3 N–H and O–H groups in total. The highest BCUT2D eigenvalue weighted by atomic mass is 16.5. The number of aromatic hydroxyl groups is 1. The first-order chi connectivity index (χ1) is 8.63. The Balaban J connectivity index is 2.54. The standard InChI is InChI=1S/C15H17NO2/c1-10(16)13-9-11(7-8-14(13)17)12-5-3-4-6-15(12)18-2/h3-10,17H,16H2,1-2H3. The van der Waals surface area contributed by atoms with E-state index in [2.05, 4.69) is 0 Å². The van der Waals surface area contributed by atoms with Gasteiger partial charge in [0.15, 0.2) is 0 Å². The Labute approximate surface area is 107 Å². The number of rotatable bonds is 3. The Kier molecular flexibility index (Phi) is 3.53. The first-order valence-corrected chi connectivity index (χ1v) is 5.85. The molecule has 0 aliphatic heterocycles. The summed E-state index contributed by atoms with van der Waals surface area (Å²) in [5, 5.41) is 9.77. The molecule has 1 unspecified atom stereocenters. The highest BCUT2D eigenvalue weighted by molar-refractivity contribution is 5.72. The number of ether oxygens (including phenoxy) is 1. The number of hydrogen-bond donors (Lipinski definition) is 2. The Hall–Kier alpha value is -2.00. The number of phenolic OH excluding ortho intramolecular Hbond substituents is 1. The second kappa shape index (κ2) is 5.10. The van der Waals surface area contributed by atoms with E-state index in [1.54, 1.807) is 13.2 Å². The Bertz CT molecular complexity index is 550. The maximum atomic E-state index is 9.77. The molecule has 0 bridgehead atoms. The van der Waals surface area contributed by atoms with Crippen LogP contribution in [-0.4, -0.2) is 12.2 Å². The van der Waals surface area contributed by atoms with Crippen molar-refractivity contribution in [3.8, 4) is 22.6 Å². The molecule has 1 atom stereocenters. The van der Waals surface area contributed by atoms with Crippen molar-refractivity contribution in [3.63, 3.8) is 0 Å². The minimum atomic E-state index is -0.209. The molecule has 0 amide bonds. The van der Waals surface area contributed by atoms with Crippen LogP contribution in [0, 0.1) is 0 Å². The summed E-state index contributed by atoms with van der Waals surface area (Å²) in [6.07, 6.45) is 0. The molecular formula is C15H17NO2.